The van der Waals surface area contributed by atoms with Gasteiger partial charge in [0.15, 0.2) is 5.82 Å². The third kappa shape index (κ3) is 1.58. The standard InChI is InChI=1S/C9H10N4S/c1-2-7-6(10)3-12-9(13-7)8-4-11-5-14-8/h3-5H,2,10H2,1H3. The van der Waals surface area contributed by atoms with Crippen molar-refractivity contribution >= 4 is 17.0 Å². The van der Waals surface area contributed by atoms with E-state index in [2.05, 4.69) is 15.0 Å². The maximum Gasteiger partial charge on any atom is 0.171 e. The van der Waals surface area contributed by atoms with Crippen LogP contribution >= 0.6 is 11.3 Å². The van der Waals surface area contributed by atoms with Crippen LogP contribution in [0.3, 0.4) is 0 Å². The molecule has 0 saturated heterocycles. The number of anilines is 1. The number of hydrogen-bond donors (Lipinski definition) is 1. The Labute approximate surface area is 85.9 Å². The fourth-order valence-electron chi connectivity index (χ4n) is 1.15. The molecule has 0 aliphatic carbocycles. The van der Waals surface area contributed by atoms with Crippen LogP contribution in [0.5, 0.6) is 0 Å². The third-order valence-corrected chi connectivity index (χ3v) is 2.66. The van der Waals surface area contributed by atoms with Crippen molar-refractivity contribution in [3.8, 4) is 10.7 Å². The van der Waals surface area contributed by atoms with E-state index in [9.17, 15) is 0 Å². The molecule has 2 rings (SSSR count). The van der Waals surface area contributed by atoms with E-state index in [1.165, 1.54) is 11.3 Å². The van der Waals surface area contributed by atoms with Gasteiger partial charge in [0.25, 0.3) is 0 Å². The lowest BCUT2D eigenvalue weighted by atomic mass is 10.3. The summed E-state index contributed by atoms with van der Waals surface area (Å²) in [4.78, 5) is 13.5. The van der Waals surface area contributed by atoms with Gasteiger partial charge in [0, 0.05) is 6.20 Å². The van der Waals surface area contributed by atoms with E-state index in [1.807, 2.05) is 6.92 Å². The summed E-state index contributed by atoms with van der Waals surface area (Å²) in [6.45, 7) is 2.02. The predicted molar refractivity (Wildman–Crippen MR) is 56.9 cm³/mol. The van der Waals surface area contributed by atoms with Crippen LogP contribution in [0.2, 0.25) is 0 Å². The fourth-order valence-corrected chi connectivity index (χ4v) is 1.72. The average Bonchev–Trinajstić information content (AvgIpc) is 2.71. The molecule has 14 heavy (non-hydrogen) atoms. The molecule has 2 aromatic rings. The van der Waals surface area contributed by atoms with Crippen molar-refractivity contribution < 1.29 is 0 Å². The smallest absolute Gasteiger partial charge is 0.171 e. The largest absolute Gasteiger partial charge is 0.396 e. The van der Waals surface area contributed by atoms with Crippen LogP contribution in [0.15, 0.2) is 17.9 Å². The van der Waals surface area contributed by atoms with Crippen molar-refractivity contribution in [3.05, 3.63) is 23.6 Å². The van der Waals surface area contributed by atoms with Gasteiger partial charge >= 0.3 is 0 Å². The molecule has 0 bridgehead atoms. The summed E-state index contributed by atoms with van der Waals surface area (Å²) in [5, 5.41) is 0. The van der Waals surface area contributed by atoms with Gasteiger partial charge in [-0.3, -0.25) is 4.98 Å². The summed E-state index contributed by atoms with van der Waals surface area (Å²) in [7, 11) is 0. The average molecular weight is 206 g/mol. The summed E-state index contributed by atoms with van der Waals surface area (Å²) in [5.41, 5.74) is 9.03. The highest BCUT2D eigenvalue weighted by atomic mass is 32.1. The molecule has 0 saturated carbocycles. The van der Waals surface area contributed by atoms with E-state index in [4.69, 9.17) is 5.73 Å². The number of aryl methyl sites for hydroxylation is 1. The second kappa shape index (κ2) is 3.71. The van der Waals surface area contributed by atoms with Crippen molar-refractivity contribution in [1.29, 1.82) is 0 Å². The van der Waals surface area contributed by atoms with E-state index in [-0.39, 0.29) is 0 Å². The van der Waals surface area contributed by atoms with Crippen LogP contribution in [0.1, 0.15) is 12.6 Å². The number of rotatable bonds is 2. The molecule has 2 aromatic heterocycles. The number of nitrogen functional groups attached to an aromatic ring is 1. The number of thiazole rings is 1. The van der Waals surface area contributed by atoms with Crippen molar-refractivity contribution in [2.45, 2.75) is 13.3 Å². The third-order valence-electron chi connectivity index (χ3n) is 1.89. The highest BCUT2D eigenvalue weighted by Gasteiger charge is 2.05. The molecule has 0 radical (unpaired) electrons. The quantitative estimate of drug-likeness (QED) is 0.813. The second-order valence-corrected chi connectivity index (χ2v) is 3.70. The maximum atomic E-state index is 5.72. The Hall–Kier alpha value is -1.49. The number of hydrogen-bond acceptors (Lipinski definition) is 5. The Morgan fingerprint density at radius 2 is 2.29 bits per heavy atom. The predicted octanol–water partition coefficient (Wildman–Crippen LogP) is 1.74. The van der Waals surface area contributed by atoms with Gasteiger partial charge in [-0.15, -0.1) is 11.3 Å². The minimum Gasteiger partial charge on any atom is -0.396 e. The van der Waals surface area contributed by atoms with E-state index in [0.717, 1.165) is 17.0 Å². The van der Waals surface area contributed by atoms with Crippen LogP contribution in [-0.4, -0.2) is 15.0 Å². The normalized spacial score (nSPS) is 10.4. The zero-order chi connectivity index (χ0) is 9.97. The summed E-state index contributed by atoms with van der Waals surface area (Å²) in [6, 6.07) is 0. The summed E-state index contributed by atoms with van der Waals surface area (Å²) < 4.78 is 0. The minimum atomic E-state index is 0.653. The van der Waals surface area contributed by atoms with Gasteiger partial charge in [0.05, 0.1) is 28.0 Å². The molecule has 2 N–H and O–H groups in total. The molecule has 0 amide bonds. The Morgan fingerprint density at radius 3 is 2.93 bits per heavy atom. The topological polar surface area (TPSA) is 64.7 Å². The van der Waals surface area contributed by atoms with E-state index in [0.29, 0.717) is 11.5 Å². The van der Waals surface area contributed by atoms with Crippen LogP contribution in [-0.2, 0) is 6.42 Å². The molecule has 5 heteroatoms. The van der Waals surface area contributed by atoms with Crippen LogP contribution < -0.4 is 5.73 Å². The minimum absolute atomic E-state index is 0.653. The first-order chi connectivity index (χ1) is 6.81. The van der Waals surface area contributed by atoms with E-state index in [1.54, 1.807) is 17.9 Å². The highest BCUT2D eigenvalue weighted by Crippen LogP contribution is 2.20. The molecule has 0 fully saturated rings. The molecule has 0 spiro atoms. The SMILES string of the molecule is CCc1nc(-c2cncs2)ncc1N. The fraction of sp³-hybridized carbons (Fsp3) is 0.222. The van der Waals surface area contributed by atoms with E-state index >= 15 is 0 Å². The summed E-state index contributed by atoms with van der Waals surface area (Å²) in [6.07, 6.45) is 4.23. The number of nitrogens with two attached hydrogens (primary N) is 1. The first kappa shape index (κ1) is 9.08. The van der Waals surface area contributed by atoms with Crippen LogP contribution in [0, 0.1) is 0 Å². The van der Waals surface area contributed by atoms with Crippen LogP contribution in [0.4, 0.5) is 5.69 Å². The lowest BCUT2D eigenvalue weighted by molar-refractivity contribution is 1.01. The van der Waals surface area contributed by atoms with Gasteiger partial charge in [-0.2, -0.15) is 0 Å². The Morgan fingerprint density at radius 1 is 1.43 bits per heavy atom. The maximum absolute atomic E-state index is 5.72. The van der Waals surface area contributed by atoms with Gasteiger partial charge in [-0.25, -0.2) is 9.97 Å². The molecule has 4 nitrogen and oxygen atoms in total. The summed E-state index contributed by atoms with van der Waals surface area (Å²) in [5.74, 6) is 0.707. The monoisotopic (exact) mass is 206 g/mol. The molecule has 2 heterocycles. The van der Waals surface area contributed by atoms with Gasteiger partial charge in [0.1, 0.15) is 0 Å². The zero-order valence-corrected chi connectivity index (χ0v) is 8.58. The van der Waals surface area contributed by atoms with Crippen molar-refractivity contribution in [2.75, 3.05) is 5.73 Å². The Kier molecular flexibility index (Phi) is 2.41. The highest BCUT2D eigenvalue weighted by molar-refractivity contribution is 7.13. The zero-order valence-electron chi connectivity index (χ0n) is 7.77. The van der Waals surface area contributed by atoms with Gasteiger partial charge in [-0.05, 0) is 6.42 Å². The van der Waals surface area contributed by atoms with Crippen molar-refractivity contribution in [2.24, 2.45) is 0 Å². The molecule has 0 aliphatic heterocycles. The summed E-state index contributed by atoms with van der Waals surface area (Å²) >= 11 is 1.52. The molecule has 72 valence electrons. The van der Waals surface area contributed by atoms with E-state index < -0.39 is 0 Å². The lowest BCUT2D eigenvalue weighted by Crippen LogP contribution is -1.99. The van der Waals surface area contributed by atoms with Gasteiger partial charge in [-0.1, -0.05) is 6.92 Å². The number of nitrogens with zero attached hydrogens (tertiary/aromatic N) is 3. The molecule has 0 aromatic carbocycles. The lowest BCUT2D eigenvalue weighted by Gasteiger charge is -2.02. The second-order valence-electron chi connectivity index (χ2n) is 2.81. The van der Waals surface area contributed by atoms with Gasteiger partial charge in [0.2, 0.25) is 0 Å². The Bertz CT molecular complexity index is 424. The van der Waals surface area contributed by atoms with Crippen molar-refractivity contribution in [3.63, 3.8) is 0 Å². The van der Waals surface area contributed by atoms with Crippen LogP contribution in [0.25, 0.3) is 10.7 Å². The molecule has 0 atom stereocenters. The molecule has 0 unspecified atom stereocenters. The first-order valence-electron chi connectivity index (χ1n) is 4.31. The molecular weight excluding hydrogens is 196 g/mol. The molecular formula is C9H10N4S. The number of aromatic nitrogens is 3. The molecule has 0 aliphatic rings. The van der Waals surface area contributed by atoms with Crippen molar-refractivity contribution in [1.82, 2.24) is 15.0 Å². The van der Waals surface area contributed by atoms with Gasteiger partial charge < -0.3 is 5.73 Å². The first-order valence-corrected chi connectivity index (χ1v) is 5.19. The Balaban J connectivity index is 2.46.